The van der Waals surface area contributed by atoms with Crippen LogP contribution in [0, 0.1) is 0 Å². The molecule has 0 radical (unpaired) electrons. The smallest absolute Gasteiger partial charge is 0.306 e. The second kappa shape index (κ2) is 21.4. The molecule has 0 aliphatic carbocycles. The zero-order valence-corrected chi connectivity index (χ0v) is 36.6. The van der Waals surface area contributed by atoms with Gasteiger partial charge in [-0.2, -0.15) is 0 Å². The molecule has 0 aliphatic heterocycles. The van der Waals surface area contributed by atoms with Crippen molar-refractivity contribution in [2.45, 2.75) is 39.0 Å². The molecule has 0 bridgehead atoms. The van der Waals surface area contributed by atoms with Gasteiger partial charge < -0.3 is 19.6 Å². The van der Waals surface area contributed by atoms with Gasteiger partial charge >= 0.3 is 11.9 Å². The molecule has 0 heterocycles. The number of benzene rings is 8. The van der Waals surface area contributed by atoms with Gasteiger partial charge in [0.05, 0.1) is 0 Å². The normalized spacial score (nSPS) is 11.0. The number of rotatable bonds is 18. The molecule has 8 rings (SSSR count). The summed E-state index contributed by atoms with van der Waals surface area (Å²) in [5, 5.41) is 9.24. The molecule has 0 saturated carbocycles. The Morgan fingerprint density at radius 3 is 1.05 bits per heavy atom. The molecule has 8 aromatic carbocycles. The Bertz CT molecular complexity index is 2790. The van der Waals surface area contributed by atoms with Crippen LogP contribution in [0.3, 0.4) is 0 Å². The monoisotopic (exact) mass is 852 g/mol. The van der Waals surface area contributed by atoms with E-state index in [1.807, 2.05) is 36.4 Å². The first kappa shape index (κ1) is 43.7. The number of ether oxygens (including phenoxy) is 1. The molecule has 0 aromatic heterocycles. The zero-order valence-electron chi connectivity index (χ0n) is 36.6. The summed E-state index contributed by atoms with van der Waals surface area (Å²) in [7, 11) is 0. The van der Waals surface area contributed by atoms with Gasteiger partial charge in [-0.1, -0.05) is 153 Å². The molecular formula is C59H52N2O4. The minimum atomic E-state index is -0.801. The van der Waals surface area contributed by atoms with Crippen LogP contribution in [0.5, 0.6) is 0 Å². The summed E-state index contributed by atoms with van der Waals surface area (Å²) < 4.78 is 5.36. The first-order chi connectivity index (χ1) is 31.9. The van der Waals surface area contributed by atoms with Crippen LogP contribution in [0.25, 0.3) is 33.4 Å². The highest BCUT2D eigenvalue weighted by atomic mass is 16.5. The number of allylic oxidation sites excluding steroid dienone is 1. The number of carboxylic acid groups (broad SMARTS) is 1. The summed E-state index contributed by atoms with van der Waals surface area (Å²) in [5.74, 6) is -0.999. The minimum Gasteiger partial charge on any atom is -0.481 e. The van der Waals surface area contributed by atoms with Crippen molar-refractivity contribution in [1.82, 2.24) is 0 Å². The van der Waals surface area contributed by atoms with E-state index in [1.165, 1.54) is 5.56 Å². The molecule has 0 unspecified atom stereocenters. The number of esters is 1. The Morgan fingerprint density at radius 1 is 0.415 bits per heavy atom. The van der Waals surface area contributed by atoms with E-state index < -0.39 is 5.97 Å². The van der Waals surface area contributed by atoms with Gasteiger partial charge in [-0.15, -0.1) is 0 Å². The zero-order chi connectivity index (χ0) is 44.8. The van der Waals surface area contributed by atoms with Crippen LogP contribution in [0.1, 0.15) is 37.3 Å². The van der Waals surface area contributed by atoms with Crippen LogP contribution in [0.2, 0.25) is 0 Å². The highest BCUT2D eigenvalue weighted by Crippen LogP contribution is 2.39. The predicted octanol–water partition coefficient (Wildman–Crippen LogP) is 15.1. The van der Waals surface area contributed by atoms with E-state index in [2.05, 4.69) is 199 Å². The maximum Gasteiger partial charge on any atom is 0.306 e. The average molecular weight is 853 g/mol. The molecule has 322 valence electrons. The Morgan fingerprint density at radius 2 is 0.723 bits per heavy atom. The van der Waals surface area contributed by atoms with Gasteiger partial charge in [0.2, 0.25) is 0 Å². The number of carboxylic acids is 1. The van der Waals surface area contributed by atoms with Crippen molar-refractivity contribution in [3.8, 4) is 33.4 Å². The van der Waals surface area contributed by atoms with Crippen molar-refractivity contribution in [2.75, 3.05) is 16.4 Å². The lowest BCUT2D eigenvalue weighted by atomic mass is 10.0. The van der Waals surface area contributed by atoms with E-state index in [9.17, 15) is 14.7 Å². The van der Waals surface area contributed by atoms with Crippen molar-refractivity contribution in [3.63, 3.8) is 0 Å². The molecule has 65 heavy (non-hydrogen) atoms. The number of hydrogen-bond acceptors (Lipinski definition) is 5. The lowest BCUT2D eigenvalue weighted by Crippen LogP contribution is -2.10. The van der Waals surface area contributed by atoms with Gasteiger partial charge in [0.25, 0.3) is 0 Å². The molecule has 0 aliphatic rings. The van der Waals surface area contributed by atoms with Gasteiger partial charge in [-0.05, 0) is 137 Å². The molecular weight excluding hydrogens is 801 g/mol. The average Bonchev–Trinajstić information content (AvgIpc) is 3.36. The fraction of sp³-hybridized carbons (Fsp3) is 0.119. The molecule has 0 atom stereocenters. The first-order valence-electron chi connectivity index (χ1n) is 22.2. The van der Waals surface area contributed by atoms with E-state index in [0.29, 0.717) is 25.9 Å². The highest BCUT2D eigenvalue weighted by molar-refractivity contribution is 5.82. The molecule has 0 amide bonds. The largest absolute Gasteiger partial charge is 0.481 e. The van der Waals surface area contributed by atoms with Gasteiger partial charge in [-0.25, -0.2) is 0 Å². The third-order valence-electron chi connectivity index (χ3n) is 11.4. The third kappa shape index (κ3) is 11.4. The SMILES string of the molecule is CC/C=C\COC(=O)CCc1ccc(N(c2ccc(-c3ccccc3)cc2)c2ccc(-c3ccc(N(c4ccc(CCC(=O)O)cc4)c4ccc(-c5ccccc5)cc4)cc3)cc2)cc1. The Labute approximate surface area is 382 Å². The summed E-state index contributed by atoms with van der Waals surface area (Å²) >= 11 is 0. The van der Waals surface area contributed by atoms with Crippen LogP contribution < -0.4 is 9.80 Å². The van der Waals surface area contributed by atoms with Gasteiger partial charge in [0.15, 0.2) is 0 Å². The first-order valence-corrected chi connectivity index (χ1v) is 22.2. The highest BCUT2D eigenvalue weighted by Gasteiger charge is 2.16. The number of aliphatic carboxylic acids is 1. The van der Waals surface area contributed by atoms with Crippen LogP contribution in [-0.2, 0) is 27.2 Å². The summed E-state index contributed by atoms with van der Waals surface area (Å²) in [6, 6.07) is 71.9. The van der Waals surface area contributed by atoms with E-state index in [4.69, 9.17) is 4.74 Å². The van der Waals surface area contributed by atoms with Gasteiger partial charge in [0.1, 0.15) is 6.61 Å². The number of hydrogen-bond donors (Lipinski definition) is 1. The number of anilines is 6. The van der Waals surface area contributed by atoms with Crippen molar-refractivity contribution < 1.29 is 19.4 Å². The maximum atomic E-state index is 12.4. The summed E-state index contributed by atoms with van der Waals surface area (Å²) in [5.41, 5.74) is 14.9. The van der Waals surface area contributed by atoms with Crippen molar-refractivity contribution in [3.05, 3.63) is 230 Å². The summed E-state index contributed by atoms with van der Waals surface area (Å²) in [6.45, 7) is 2.37. The number of aryl methyl sites for hydroxylation is 2. The molecule has 0 spiro atoms. The van der Waals surface area contributed by atoms with Crippen LogP contribution in [0.15, 0.2) is 218 Å². The molecule has 0 saturated heterocycles. The number of nitrogens with zero attached hydrogens (tertiary/aromatic N) is 2. The standard InChI is InChI=1S/C59H52N2O4/c1-2-3-10-43-65-59(64)42-20-45-17-31-53(32-18-45)61(55-35-23-49(24-36-55)47-13-8-5-9-14-47)57-39-27-51(28-40-57)50-25-37-56(38-26-50)60(52-29-15-44(16-30-52)19-41-58(62)63)54-33-21-48(22-34-54)46-11-6-4-7-12-46/h3-18,21-40H,2,19-20,41-43H2,1H3,(H,62,63)/b10-3-. The predicted molar refractivity (Wildman–Crippen MR) is 267 cm³/mol. The van der Waals surface area contributed by atoms with Gasteiger partial charge in [-0.3, -0.25) is 9.59 Å². The molecule has 1 N–H and O–H groups in total. The van der Waals surface area contributed by atoms with Crippen molar-refractivity contribution in [1.29, 1.82) is 0 Å². The lowest BCUT2D eigenvalue weighted by Gasteiger charge is -2.27. The van der Waals surface area contributed by atoms with E-state index in [1.54, 1.807) is 0 Å². The molecule has 6 nitrogen and oxygen atoms in total. The molecule has 6 heteroatoms. The summed E-state index contributed by atoms with van der Waals surface area (Å²) in [4.78, 5) is 28.1. The van der Waals surface area contributed by atoms with E-state index in [-0.39, 0.29) is 12.4 Å². The van der Waals surface area contributed by atoms with Crippen LogP contribution in [-0.4, -0.2) is 23.7 Å². The fourth-order valence-electron chi connectivity index (χ4n) is 7.94. The quantitative estimate of drug-likeness (QED) is 0.0685. The number of carbonyl (C=O) groups excluding carboxylic acids is 1. The van der Waals surface area contributed by atoms with Gasteiger partial charge in [0, 0.05) is 47.0 Å². The Hall–Kier alpha value is -7.96. The van der Waals surface area contributed by atoms with Crippen molar-refractivity contribution >= 4 is 46.1 Å². The van der Waals surface area contributed by atoms with E-state index in [0.717, 1.165) is 79.5 Å². The summed E-state index contributed by atoms with van der Waals surface area (Å²) in [6.07, 6.45) is 6.31. The maximum absolute atomic E-state index is 12.4. The Balaban J connectivity index is 1.05. The second-order valence-electron chi connectivity index (χ2n) is 15.9. The third-order valence-corrected chi connectivity index (χ3v) is 11.4. The minimum absolute atomic E-state index is 0.0952. The number of carbonyl (C=O) groups is 2. The molecule has 0 fully saturated rings. The fourth-order valence-corrected chi connectivity index (χ4v) is 7.94. The van der Waals surface area contributed by atoms with Crippen LogP contribution >= 0.6 is 0 Å². The van der Waals surface area contributed by atoms with Crippen LogP contribution in [0.4, 0.5) is 34.1 Å². The second-order valence-corrected chi connectivity index (χ2v) is 15.9. The van der Waals surface area contributed by atoms with E-state index >= 15 is 0 Å². The lowest BCUT2D eigenvalue weighted by molar-refractivity contribution is -0.142. The Kier molecular flexibility index (Phi) is 14.4. The topological polar surface area (TPSA) is 70.1 Å². The van der Waals surface area contributed by atoms with Crippen molar-refractivity contribution in [2.24, 2.45) is 0 Å². The molecule has 8 aromatic rings.